The van der Waals surface area contributed by atoms with E-state index < -0.39 is 0 Å². The maximum absolute atomic E-state index is 12.6. The van der Waals surface area contributed by atoms with Crippen molar-refractivity contribution in [3.63, 3.8) is 0 Å². The first-order valence-corrected chi connectivity index (χ1v) is 7.07. The van der Waals surface area contributed by atoms with Gasteiger partial charge in [0, 0.05) is 24.5 Å². The molecule has 0 atom stereocenters. The van der Waals surface area contributed by atoms with Crippen molar-refractivity contribution in [1.29, 1.82) is 0 Å². The largest absolute Gasteiger partial charge is 0.399 e. The lowest BCUT2D eigenvalue weighted by Crippen LogP contribution is -2.33. The van der Waals surface area contributed by atoms with Gasteiger partial charge >= 0.3 is 0 Å². The summed E-state index contributed by atoms with van der Waals surface area (Å²) in [4.78, 5) is 22.8. The number of nitrogens with two attached hydrogens (primary N) is 1. The highest BCUT2D eigenvalue weighted by molar-refractivity contribution is 5.92. The minimum Gasteiger partial charge on any atom is -0.399 e. The van der Waals surface area contributed by atoms with Gasteiger partial charge in [-0.15, -0.1) is 0 Å². The fourth-order valence-corrected chi connectivity index (χ4v) is 2.22. The van der Waals surface area contributed by atoms with Crippen molar-refractivity contribution in [2.24, 2.45) is 0 Å². The van der Waals surface area contributed by atoms with E-state index in [1.54, 1.807) is 12.4 Å². The van der Waals surface area contributed by atoms with E-state index in [1.807, 2.05) is 36.1 Å². The standard InChI is InChI=1S/C16H18N4O/c1-11-8-19-15(9-18-11)16(21)20(14-6-7-14)10-12-2-4-13(17)5-3-12/h2-5,8-9,14H,6-7,10,17H2,1H3. The predicted octanol–water partition coefficient (Wildman–Crippen LogP) is 2.17. The molecule has 1 saturated carbocycles. The molecule has 3 rings (SSSR count). The number of carbonyl (C=O) groups excluding carboxylic acids is 1. The summed E-state index contributed by atoms with van der Waals surface area (Å²) in [7, 11) is 0. The summed E-state index contributed by atoms with van der Waals surface area (Å²) in [5.74, 6) is -0.0539. The molecule has 2 N–H and O–H groups in total. The minimum absolute atomic E-state index is 0.0539. The number of anilines is 1. The number of rotatable bonds is 4. The van der Waals surface area contributed by atoms with Gasteiger partial charge in [-0.05, 0) is 37.5 Å². The third-order valence-corrected chi connectivity index (χ3v) is 3.58. The summed E-state index contributed by atoms with van der Waals surface area (Å²) >= 11 is 0. The van der Waals surface area contributed by atoms with Crippen molar-refractivity contribution in [2.75, 3.05) is 5.73 Å². The minimum atomic E-state index is -0.0539. The molecule has 1 heterocycles. The summed E-state index contributed by atoms with van der Waals surface area (Å²) in [6.07, 6.45) is 5.29. The molecule has 0 saturated heterocycles. The molecular formula is C16H18N4O. The lowest BCUT2D eigenvalue weighted by Gasteiger charge is -2.22. The van der Waals surface area contributed by atoms with Crippen LogP contribution in [0.5, 0.6) is 0 Å². The van der Waals surface area contributed by atoms with Gasteiger partial charge in [0.25, 0.3) is 5.91 Å². The summed E-state index contributed by atoms with van der Waals surface area (Å²) < 4.78 is 0. The second-order valence-corrected chi connectivity index (χ2v) is 5.45. The Hall–Kier alpha value is -2.43. The molecule has 0 radical (unpaired) electrons. The molecule has 1 fully saturated rings. The Morgan fingerprint density at radius 3 is 2.52 bits per heavy atom. The number of carbonyl (C=O) groups is 1. The van der Waals surface area contributed by atoms with Crippen molar-refractivity contribution < 1.29 is 4.79 Å². The van der Waals surface area contributed by atoms with Crippen LogP contribution in [0.25, 0.3) is 0 Å². The summed E-state index contributed by atoms with van der Waals surface area (Å²) in [6.45, 7) is 2.44. The highest BCUT2D eigenvalue weighted by atomic mass is 16.2. The number of nitrogens with zero attached hydrogens (tertiary/aromatic N) is 3. The molecular weight excluding hydrogens is 264 g/mol. The Bertz CT molecular complexity index is 632. The molecule has 0 unspecified atom stereocenters. The SMILES string of the molecule is Cc1cnc(C(=O)N(Cc2ccc(N)cc2)C2CC2)cn1. The molecule has 1 aromatic heterocycles. The number of amides is 1. The molecule has 2 aromatic rings. The summed E-state index contributed by atoms with van der Waals surface area (Å²) in [5.41, 5.74) is 8.71. The van der Waals surface area contributed by atoms with Crippen molar-refractivity contribution in [1.82, 2.24) is 14.9 Å². The number of benzene rings is 1. The van der Waals surface area contributed by atoms with Gasteiger partial charge in [-0.25, -0.2) is 4.98 Å². The highest BCUT2D eigenvalue weighted by Gasteiger charge is 2.33. The smallest absolute Gasteiger partial charge is 0.274 e. The van der Waals surface area contributed by atoms with Gasteiger partial charge in [-0.3, -0.25) is 9.78 Å². The van der Waals surface area contributed by atoms with Crippen LogP contribution in [0.15, 0.2) is 36.7 Å². The lowest BCUT2D eigenvalue weighted by atomic mass is 10.2. The zero-order chi connectivity index (χ0) is 14.8. The molecule has 0 bridgehead atoms. The average molecular weight is 282 g/mol. The van der Waals surface area contributed by atoms with Crippen LogP contribution in [-0.2, 0) is 6.54 Å². The van der Waals surface area contributed by atoms with E-state index in [1.165, 1.54) is 0 Å². The van der Waals surface area contributed by atoms with Crippen LogP contribution in [0.3, 0.4) is 0 Å². The van der Waals surface area contributed by atoms with E-state index in [2.05, 4.69) is 9.97 Å². The maximum atomic E-state index is 12.6. The first-order valence-electron chi connectivity index (χ1n) is 7.07. The van der Waals surface area contributed by atoms with Crippen molar-refractivity contribution in [3.05, 3.63) is 53.6 Å². The van der Waals surface area contributed by atoms with Crippen LogP contribution in [-0.4, -0.2) is 26.8 Å². The van der Waals surface area contributed by atoms with Crippen LogP contribution in [0.2, 0.25) is 0 Å². The number of hydrogen-bond donors (Lipinski definition) is 1. The second kappa shape index (κ2) is 5.52. The quantitative estimate of drug-likeness (QED) is 0.872. The molecule has 1 aliphatic rings. The van der Waals surface area contributed by atoms with Gasteiger partial charge in [0.15, 0.2) is 0 Å². The van der Waals surface area contributed by atoms with E-state index in [-0.39, 0.29) is 5.91 Å². The first-order chi connectivity index (χ1) is 10.1. The topological polar surface area (TPSA) is 72.1 Å². The Kier molecular flexibility index (Phi) is 3.56. The monoisotopic (exact) mass is 282 g/mol. The lowest BCUT2D eigenvalue weighted by molar-refractivity contribution is 0.0723. The van der Waals surface area contributed by atoms with Gasteiger partial charge in [-0.2, -0.15) is 0 Å². The zero-order valence-electron chi connectivity index (χ0n) is 12.0. The number of hydrogen-bond acceptors (Lipinski definition) is 4. The van der Waals surface area contributed by atoms with Gasteiger partial charge in [0.2, 0.25) is 0 Å². The Balaban J connectivity index is 1.79. The van der Waals surface area contributed by atoms with Crippen LogP contribution < -0.4 is 5.73 Å². The zero-order valence-corrected chi connectivity index (χ0v) is 12.0. The van der Waals surface area contributed by atoms with E-state index >= 15 is 0 Å². The van der Waals surface area contributed by atoms with Crippen molar-refractivity contribution in [3.8, 4) is 0 Å². The van der Waals surface area contributed by atoms with Gasteiger partial charge in [0.05, 0.1) is 11.9 Å². The predicted molar refractivity (Wildman–Crippen MR) is 80.5 cm³/mol. The molecule has 5 nitrogen and oxygen atoms in total. The highest BCUT2D eigenvalue weighted by Crippen LogP contribution is 2.29. The van der Waals surface area contributed by atoms with Crippen LogP contribution in [0.4, 0.5) is 5.69 Å². The Morgan fingerprint density at radius 1 is 1.24 bits per heavy atom. The van der Waals surface area contributed by atoms with Crippen molar-refractivity contribution in [2.45, 2.75) is 32.4 Å². The first kappa shape index (κ1) is 13.5. The van der Waals surface area contributed by atoms with Crippen molar-refractivity contribution >= 4 is 11.6 Å². The van der Waals surface area contributed by atoms with Gasteiger partial charge in [0.1, 0.15) is 5.69 Å². The molecule has 21 heavy (non-hydrogen) atoms. The number of aryl methyl sites for hydroxylation is 1. The third-order valence-electron chi connectivity index (χ3n) is 3.58. The Morgan fingerprint density at radius 2 is 1.95 bits per heavy atom. The third kappa shape index (κ3) is 3.18. The van der Waals surface area contributed by atoms with Gasteiger partial charge < -0.3 is 10.6 Å². The Labute approximate surface area is 123 Å². The molecule has 1 amide bonds. The van der Waals surface area contributed by atoms with Gasteiger partial charge in [-0.1, -0.05) is 12.1 Å². The van der Waals surface area contributed by atoms with Crippen LogP contribution >= 0.6 is 0 Å². The number of aromatic nitrogens is 2. The van der Waals surface area contributed by atoms with E-state index in [9.17, 15) is 4.79 Å². The van der Waals surface area contributed by atoms with Crippen LogP contribution in [0.1, 0.15) is 34.6 Å². The molecule has 108 valence electrons. The second-order valence-electron chi connectivity index (χ2n) is 5.45. The van der Waals surface area contributed by atoms with E-state index in [0.29, 0.717) is 18.3 Å². The van der Waals surface area contributed by atoms with E-state index in [4.69, 9.17) is 5.73 Å². The molecule has 1 aromatic carbocycles. The number of nitrogen functional groups attached to an aromatic ring is 1. The summed E-state index contributed by atoms with van der Waals surface area (Å²) in [5, 5.41) is 0. The molecule has 0 spiro atoms. The molecule has 1 aliphatic carbocycles. The molecule has 0 aliphatic heterocycles. The summed E-state index contributed by atoms with van der Waals surface area (Å²) in [6, 6.07) is 7.95. The average Bonchev–Trinajstić information content (AvgIpc) is 3.31. The van der Waals surface area contributed by atoms with E-state index in [0.717, 1.165) is 29.8 Å². The maximum Gasteiger partial charge on any atom is 0.274 e. The normalized spacial score (nSPS) is 14.0. The fraction of sp³-hybridized carbons (Fsp3) is 0.312. The van der Waals surface area contributed by atoms with Crippen LogP contribution in [0, 0.1) is 6.92 Å². The fourth-order valence-electron chi connectivity index (χ4n) is 2.22. The molecule has 5 heteroatoms.